The molecule has 0 spiro atoms. The zero-order valence-electron chi connectivity index (χ0n) is 14.3. The van der Waals surface area contributed by atoms with Crippen molar-refractivity contribution in [1.29, 1.82) is 0 Å². The van der Waals surface area contributed by atoms with E-state index in [4.69, 9.17) is 9.47 Å². The average Bonchev–Trinajstić information content (AvgIpc) is 3.08. The van der Waals surface area contributed by atoms with Gasteiger partial charge in [-0.3, -0.25) is 4.72 Å². The van der Waals surface area contributed by atoms with Crippen molar-refractivity contribution in [3.05, 3.63) is 59.6 Å². The molecule has 0 amide bonds. The fourth-order valence-electron chi connectivity index (χ4n) is 2.26. The van der Waals surface area contributed by atoms with E-state index in [1.807, 2.05) is 29.6 Å². The largest absolute Gasteiger partial charge is 0.497 e. The van der Waals surface area contributed by atoms with Crippen LogP contribution in [0.15, 0.2) is 53.9 Å². The molecule has 2 aromatic carbocycles. The van der Waals surface area contributed by atoms with Crippen LogP contribution in [0.3, 0.4) is 0 Å². The third-order valence-electron chi connectivity index (χ3n) is 3.41. The molecular formula is C18H18N2O4S2. The van der Waals surface area contributed by atoms with Crippen LogP contribution in [0.4, 0.5) is 5.69 Å². The molecular weight excluding hydrogens is 372 g/mol. The fraction of sp³-hybridized carbons (Fsp3) is 0.167. The molecule has 1 heterocycles. The molecule has 0 aliphatic heterocycles. The molecule has 0 fully saturated rings. The van der Waals surface area contributed by atoms with Crippen molar-refractivity contribution in [1.82, 2.24) is 4.98 Å². The number of benzene rings is 2. The Kier molecular flexibility index (Phi) is 5.43. The monoisotopic (exact) mass is 390 g/mol. The highest BCUT2D eigenvalue weighted by Gasteiger charge is 2.07. The number of hydrogen-bond donors (Lipinski definition) is 1. The summed E-state index contributed by atoms with van der Waals surface area (Å²) in [6.07, 6.45) is 1.11. The number of thiazole rings is 1. The van der Waals surface area contributed by atoms with Gasteiger partial charge in [-0.05, 0) is 36.4 Å². The zero-order valence-corrected chi connectivity index (χ0v) is 15.9. The quantitative estimate of drug-likeness (QED) is 0.664. The Morgan fingerprint density at radius 3 is 2.58 bits per heavy atom. The molecule has 0 saturated carbocycles. The van der Waals surface area contributed by atoms with E-state index in [0.717, 1.165) is 28.3 Å². The van der Waals surface area contributed by atoms with E-state index >= 15 is 0 Å². The molecule has 0 saturated heterocycles. The highest BCUT2D eigenvalue weighted by Crippen LogP contribution is 2.26. The normalized spacial score (nSPS) is 11.2. The number of ether oxygens (including phenoxy) is 2. The number of aromatic nitrogens is 1. The predicted octanol–water partition coefficient (Wildman–Crippen LogP) is 3.77. The van der Waals surface area contributed by atoms with E-state index in [1.54, 1.807) is 31.4 Å². The molecule has 0 radical (unpaired) electrons. The molecule has 0 aliphatic rings. The Morgan fingerprint density at radius 1 is 1.12 bits per heavy atom. The lowest BCUT2D eigenvalue weighted by molar-refractivity contribution is 0.302. The molecule has 0 bridgehead atoms. The van der Waals surface area contributed by atoms with E-state index in [-0.39, 0.29) is 0 Å². The van der Waals surface area contributed by atoms with Crippen LogP contribution < -0.4 is 14.2 Å². The minimum atomic E-state index is -3.32. The second-order valence-electron chi connectivity index (χ2n) is 5.56. The second-order valence-corrected chi connectivity index (χ2v) is 8.17. The van der Waals surface area contributed by atoms with Crippen LogP contribution in [0.25, 0.3) is 10.6 Å². The molecule has 8 heteroatoms. The SMILES string of the molecule is COc1ccc(-c2nc(COc3cccc(NS(C)(=O)=O)c3)cs2)cc1. The Morgan fingerprint density at radius 2 is 1.88 bits per heavy atom. The lowest BCUT2D eigenvalue weighted by atomic mass is 10.2. The molecule has 136 valence electrons. The van der Waals surface area contributed by atoms with E-state index in [0.29, 0.717) is 18.0 Å². The highest BCUT2D eigenvalue weighted by molar-refractivity contribution is 7.92. The predicted molar refractivity (Wildman–Crippen MR) is 103 cm³/mol. The van der Waals surface area contributed by atoms with Crippen molar-refractivity contribution in [2.24, 2.45) is 0 Å². The molecule has 0 aliphatic carbocycles. The van der Waals surface area contributed by atoms with E-state index in [2.05, 4.69) is 9.71 Å². The number of anilines is 1. The minimum absolute atomic E-state index is 0.301. The number of methoxy groups -OCH3 is 1. The summed E-state index contributed by atoms with van der Waals surface area (Å²) in [4.78, 5) is 4.57. The topological polar surface area (TPSA) is 77.5 Å². The summed E-state index contributed by atoms with van der Waals surface area (Å²) < 4.78 is 35.9. The van der Waals surface area contributed by atoms with Gasteiger partial charge < -0.3 is 9.47 Å². The lowest BCUT2D eigenvalue weighted by Gasteiger charge is -2.07. The standard InChI is InChI=1S/C18H18N2O4S2/c1-23-16-8-6-13(7-9-16)18-19-15(12-25-18)11-24-17-5-3-4-14(10-17)20-26(2,21)22/h3-10,12,20H,11H2,1-2H3. The number of hydrogen-bond acceptors (Lipinski definition) is 6. The Balaban J connectivity index is 1.65. The van der Waals surface area contributed by atoms with Gasteiger partial charge in [0.1, 0.15) is 23.1 Å². The Hall–Kier alpha value is -2.58. The van der Waals surface area contributed by atoms with Crippen LogP contribution in [0.1, 0.15) is 5.69 Å². The molecule has 26 heavy (non-hydrogen) atoms. The third-order valence-corrected chi connectivity index (χ3v) is 4.96. The van der Waals surface area contributed by atoms with Gasteiger partial charge in [0.2, 0.25) is 10.0 Å². The van der Waals surface area contributed by atoms with Crippen molar-refractivity contribution in [3.63, 3.8) is 0 Å². The number of nitrogens with zero attached hydrogens (tertiary/aromatic N) is 1. The second kappa shape index (κ2) is 7.76. The van der Waals surface area contributed by atoms with Gasteiger partial charge in [0.15, 0.2) is 0 Å². The first-order valence-electron chi connectivity index (χ1n) is 7.72. The summed E-state index contributed by atoms with van der Waals surface area (Å²) in [6, 6.07) is 14.5. The maximum Gasteiger partial charge on any atom is 0.229 e. The molecule has 0 atom stereocenters. The molecule has 3 rings (SSSR count). The van der Waals surface area contributed by atoms with Crippen LogP contribution in [-0.2, 0) is 16.6 Å². The third kappa shape index (κ3) is 4.96. The van der Waals surface area contributed by atoms with Crippen molar-refractivity contribution >= 4 is 27.0 Å². The average molecular weight is 390 g/mol. The maximum absolute atomic E-state index is 11.3. The van der Waals surface area contributed by atoms with Gasteiger partial charge in [0.25, 0.3) is 0 Å². The van der Waals surface area contributed by atoms with Crippen molar-refractivity contribution in [3.8, 4) is 22.1 Å². The van der Waals surface area contributed by atoms with Crippen LogP contribution in [-0.4, -0.2) is 26.8 Å². The first-order chi connectivity index (χ1) is 12.4. The summed E-state index contributed by atoms with van der Waals surface area (Å²) in [5, 5.41) is 2.84. The summed E-state index contributed by atoms with van der Waals surface area (Å²) in [5.41, 5.74) is 2.28. The minimum Gasteiger partial charge on any atom is -0.497 e. The van der Waals surface area contributed by atoms with Crippen molar-refractivity contribution < 1.29 is 17.9 Å². The highest BCUT2D eigenvalue weighted by atomic mass is 32.2. The van der Waals surface area contributed by atoms with Crippen molar-refractivity contribution in [2.75, 3.05) is 18.1 Å². The molecule has 3 aromatic rings. The van der Waals surface area contributed by atoms with Crippen LogP contribution in [0, 0.1) is 0 Å². The van der Waals surface area contributed by atoms with Crippen molar-refractivity contribution in [2.45, 2.75) is 6.61 Å². The van der Waals surface area contributed by atoms with E-state index in [9.17, 15) is 8.42 Å². The Labute approximate surface area is 156 Å². The molecule has 6 nitrogen and oxygen atoms in total. The van der Waals surface area contributed by atoms with Gasteiger partial charge in [0, 0.05) is 17.0 Å². The van der Waals surface area contributed by atoms with Gasteiger partial charge in [-0.15, -0.1) is 11.3 Å². The summed E-state index contributed by atoms with van der Waals surface area (Å²) in [6.45, 7) is 0.301. The van der Waals surface area contributed by atoms with Crippen LogP contribution in [0.5, 0.6) is 11.5 Å². The Bertz CT molecular complexity index is 982. The summed E-state index contributed by atoms with van der Waals surface area (Å²) >= 11 is 1.54. The zero-order chi connectivity index (χ0) is 18.6. The fourth-order valence-corrected chi connectivity index (χ4v) is 3.63. The van der Waals surface area contributed by atoms with Crippen LogP contribution >= 0.6 is 11.3 Å². The van der Waals surface area contributed by atoms with E-state index < -0.39 is 10.0 Å². The van der Waals surface area contributed by atoms with Gasteiger partial charge in [-0.25, -0.2) is 13.4 Å². The lowest BCUT2D eigenvalue weighted by Crippen LogP contribution is -2.09. The molecule has 1 N–H and O–H groups in total. The summed E-state index contributed by atoms with van der Waals surface area (Å²) in [5.74, 6) is 1.37. The van der Waals surface area contributed by atoms with Gasteiger partial charge >= 0.3 is 0 Å². The molecule has 1 aromatic heterocycles. The first kappa shape index (κ1) is 18.2. The first-order valence-corrected chi connectivity index (χ1v) is 10.5. The van der Waals surface area contributed by atoms with Crippen LogP contribution in [0.2, 0.25) is 0 Å². The van der Waals surface area contributed by atoms with Gasteiger partial charge in [0.05, 0.1) is 24.7 Å². The van der Waals surface area contributed by atoms with Gasteiger partial charge in [-0.2, -0.15) is 0 Å². The number of rotatable bonds is 7. The number of sulfonamides is 1. The molecule has 0 unspecified atom stereocenters. The number of nitrogens with one attached hydrogen (secondary N) is 1. The summed E-state index contributed by atoms with van der Waals surface area (Å²) in [7, 11) is -1.69. The van der Waals surface area contributed by atoms with E-state index in [1.165, 1.54) is 11.3 Å². The van der Waals surface area contributed by atoms with Gasteiger partial charge in [-0.1, -0.05) is 6.07 Å². The smallest absolute Gasteiger partial charge is 0.229 e. The maximum atomic E-state index is 11.3.